The Balaban J connectivity index is 1.28. The minimum absolute atomic E-state index is 0.584. The molecule has 0 spiro atoms. The van der Waals surface area contributed by atoms with Gasteiger partial charge >= 0.3 is 0 Å². The maximum absolute atomic E-state index is 5.73. The van der Waals surface area contributed by atoms with E-state index < -0.39 is 0 Å². The lowest BCUT2D eigenvalue weighted by Gasteiger charge is -2.18. The Hall–Kier alpha value is -2.05. The third kappa shape index (κ3) is 6.56. The van der Waals surface area contributed by atoms with Crippen LogP contribution in [0.4, 0.5) is 5.69 Å². The number of benzene rings is 1. The van der Waals surface area contributed by atoms with Crippen LogP contribution < -0.4 is 15.5 Å². The van der Waals surface area contributed by atoms with Crippen molar-refractivity contribution in [2.75, 3.05) is 58.0 Å². The maximum Gasteiger partial charge on any atom is 0.191 e. The molecule has 148 valence electrons. The van der Waals surface area contributed by atoms with Crippen LogP contribution in [0.25, 0.3) is 0 Å². The molecule has 0 saturated carbocycles. The summed E-state index contributed by atoms with van der Waals surface area (Å²) in [6, 6.07) is 8.73. The number of nitrogens with zero attached hydrogens (tertiary/aromatic N) is 2. The summed E-state index contributed by atoms with van der Waals surface area (Å²) in [6.07, 6.45) is 6.51. The molecule has 6 nitrogen and oxygen atoms in total. The number of rotatable bonds is 9. The van der Waals surface area contributed by atoms with Gasteiger partial charge in [-0.1, -0.05) is 24.3 Å². The molecule has 2 aliphatic heterocycles. The van der Waals surface area contributed by atoms with Gasteiger partial charge in [-0.2, -0.15) is 0 Å². The molecule has 1 aromatic rings. The van der Waals surface area contributed by atoms with E-state index in [2.05, 4.69) is 56.9 Å². The topological polar surface area (TPSA) is 58.1 Å². The van der Waals surface area contributed by atoms with Crippen molar-refractivity contribution >= 4 is 11.6 Å². The zero-order chi connectivity index (χ0) is 18.7. The first-order valence-corrected chi connectivity index (χ1v) is 9.94. The predicted molar refractivity (Wildman–Crippen MR) is 110 cm³/mol. The molecule has 2 aliphatic rings. The second-order valence-corrected chi connectivity index (χ2v) is 7.05. The number of nitrogens with one attached hydrogen (secondary N) is 2. The fourth-order valence-electron chi connectivity index (χ4n) is 3.27. The van der Waals surface area contributed by atoms with Crippen LogP contribution in [0.15, 0.2) is 41.4 Å². The summed E-state index contributed by atoms with van der Waals surface area (Å²) >= 11 is 0. The van der Waals surface area contributed by atoms with Crippen molar-refractivity contribution in [3.63, 3.8) is 0 Å². The molecule has 1 aromatic carbocycles. The molecule has 3 rings (SSSR count). The Labute approximate surface area is 162 Å². The van der Waals surface area contributed by atoms with Gasteiger partial charge in [0.1, 0.15) is 0 Å². The Kier molecular flexibility index (Phi) is 7.99. The molecule has 6 heteroatoms. The van der Waals surface area contributed by atoms with Crippen LogP contribution in [-0.4, -0.2) is 59.1 Å². The van der Waals surface area contributed by atoms with Crippen LogP contribution >= 0.6 is 0 Å². The first kappa shape index (κ1) is 19.7. The summed E-state index contributed by atoms with van der Waals surface area (Å²) in [5.74, 6) is 1.41. The van der Waals surface area contributed by atoms with Gasteiger partial charge in [-0.05, 0) is 30.5 Å². The number of aliphatic imine (C=N–C) groups is 1. The Bertz CT molecular complexity index is 601. The van der Waals surface area contributed by atoms with Crippen molar-refractivity contribution in [1.82, 2.24) is 10.6 Å². The fraction of sp³-hybridized carbons (Fsp3) is 0.571. The molecule has 1 fully saturated rings. The average Bonchev–Trinajstić information content (AvgIpc) is 3.41. The average molecular weight is 373 g/mol. The lowest BCUT2D eigenvalue weighted by atomic mass is 10.1. The van der Waals surface area contributed by atoms with Gasteiger partial charge in [0.2, 0.25) is 0 Å². The molecule has 1 saturated heterocycles. The molecule has 0 aliphatic carbocycles. The zero-order valence-electron chi connectivity index (χ0n) is 16.3. The Morgan fingerprint density at radius 3 is 2.74 bits per heavy atom. The number of guanidine groups is 1. The molecule has 1 atom stereocenters. The standard InChI is InChI=1S/C21H32N4O2/c1-22-21(23-10-4-13-26-16-19-9-14-27-17-19)24-15-18-5-7-20(8-6-18)25-11-2-3-12-25/h2-3,5-8,19H,4,9-17H2,1H3,(H2,22,23,24). The van der Waals surface area contributed by atoms with Crippen molar-refractivity contribution < 1.29 is 9.47 Å². The SMILES string of the molecule is CN=C(NCCCOCC1CCOC1)NCc1ccc(N2CC=CC2)cc1. The van der Waals surface area contributed by atoms with E-state index >= 15 is 0 Å². The number of anilines is 1. The van der Waals surface area contributed by atoms with Gasteiger partial charge in [-0.15, -0.1) is 0 Å². The van der Waals surface area contributed by atoms with E-state index in [1.807, 2.05) is 0 Å². The van der Waals surface area contributed by atoms with Crippen molar-refractivity contribution in [3.8, 4) is 0 Å². The Morgan fingerprint density at radius 1 is 1.22 bits per heavy atom. The molecule has 0 amide bonds. The van der Waals surface area contributed by atoms with E-state index in [0.29, 0.717) is 5.92 Å². The quantitative estimate of drug-likeness (QED) is 0.301. The van der Waals surface area contributed by atoms with E-state index in [4.69, 9.17) is 9.47 Å². The normalized spacial score (nSPS) is 19.7. The maximum atomic E-state index is 5.73. The van der Waals surface area contributed by atoms with Gasteiger partial charge in [0, 0.05) is 58.0 Å². The number of hydrogen-bond acceptors (Lipinski definition) is 4. The van der Waals surface area contributed by atoms with Gasteiger partial charge < -0.3 is 25.0 Å². The molecular weight excluding hydrogens is 340 g/mol. The van der Waals surface area contributed by atoms with E-state index in [1.54, 1.807) is 7.05 Å². The number of ether oxygens (including phenoxy) is 2. The van der Waals surface area contributed by atoms with Crippen molar-refractivity contribution in [2.24, 2.45) is 10.9 Å². The second kappa shape index (κ2) is 10.9. The fourth-order valence-corrected chi connectivity index (χ4v) is 3.27. The third-order valence-electron chi connectivity index (χ3n) is 4.94. The van der Waals surface area contributed by atoms with E-state index in [-0.39, 0.29) is 0 Å². The summed E-state index contributed by atoms with van der Waals surface area (Å²) in [7, 11) is 1.80. The number of hydrogen-bond donors (Lipinski definition) is 2. The Morgan fingerprint density at radius 2 is 2.04 bits per heavy atom. The minimum atomic E-state index is 0.584. The van der Waals surface area contributed by atoms with Gasteiger partial charge in [0.05, 0.1) is 13.2 Å². The van der Waals surface area contributed by atoms with Gasteiger partial charge in [0.15, 0.2) is 5.96 Å². The molecule has 1 unspecified atom stereocenters. The van der Waals surface area contributed by atoms with Gasteiger partial charge in [-0.3, -0.25) is 4.99 Å². The molecule has 0 radical (unpaired) electrons. The van der Waals surface area contributed by atoms with E-state index in [0.717, 1.165) is 71.4 Å². The monoisotopic (exact) mass is 372 g/mol. The molecular formula is C21H32N4O2. The molecule has 0 bridgehead atoms. The third-order valence-corrected chi connectivity index (χ3v) is 4.94. The second-order valence-electron chi connectivity index (χ2n) is 7.05. The van der Waals surface area contributed by atoms with Crippen molar-refractivity contribution in [2.45, 2.75) is 19.4 Å². The highest BCUT2D eigenvalue weighted by Gasteiger charge is 2.15. The summed E-state index contributed by atoms with van der Waals surface area (Å²) < 4.78 is 11.1. The van der Waals surface area contributed by atoms with Crippen LogP contribution in [0.2, 0.25) is 0 Å². The predicted octanol–water partition coefficient (Wildman–Crippen LogP) is 2.17. The smallest absolute Gasteiger partial charge is 0.191 e. The molecule has 0 aromatic heterocycles. The van der Waals surface area contributed by atoms with Crippen LogP contribution in [-0.2, 0) is 16.0 Å². The highest BCUT2D eigenvalue weighted by molar-refractivity contribution is 5.79. The van der Waals surface area contributed by atoms with Crippen molar-refractivity contribution in [3.05, 3.63) is 42.0 Å². The first-order valence-electron chi connectivity index (χ1n) is 9.94. The summed E-state index contributed by atoms with van der Waals surface area (Å²) in [4.78, 5) is 6.63. The van der Waals surface area contributed by atoms with E-state index in [1.165, 1.54) is 11.3 Å². The first-order chi connectivity index (χ1) is 13.3. The summed E-state index contributed by atoms with van der Waals surface area (Å²) in [5, 5.41) is 6.71. The molecule has 2 N–H and O–H groups in total. The summed E-state index contributed by atoms with van der Waals surface area (Å²) in [6.45, 7) is 6.95. The van der Waals surface area contributed by atoms with Gasteiger partial charge in [-0.25, -0.2) is 0 Å². The lowest BCUT2D eigenvalue weighted by Crippen LogP contribution is -2.37. The van der Waals surface area contributed by atoms with Crippen LogP contribution in [0, 0.1) is 5.92 Å². The van der Waals surface area contributed by atoms with Crippen LogP contribution in [0.1, 0.15) is 18.4 Å². The zero-order valence-corrected chi connectivity index (χ0v) is 16.3. The minimum Gasteiger partial charge on any atom is -0.381 e. The molecule has 2 heterocycles. The summed E-state index contributed by atoms with van der Waals surface area (Å²) in [5.41, 5.74) is 2.52. The van der Waals surface area contributed by atoms with Crippen LogP contribution in [0.5, 0.6) is 0 Å². The largest absolute Gasteiger partial charge is 0.381 e. The van der Waals surface area contributed by atoms with Crippen molar-refractivity contribution in [1.29, 1.82) is 0 Å². The molecule has 27 heavy (non-hydrogen) atoms. The highest BCUT2D eigenvalue weighted by Crippen LogP contribution is 2.17. The highest BCUT2D eigenvalue weighted by atomic mass is 16.5. The van der Waals surface area contributed by atoms with Crippen LogP contribution in [0.3, 0.4) is 0 Å². The van der Waals surface area contributed by atoms with E-state index in [9.17, 15) is 0 Å². The lowest BCUT2D eigenvalue weighted by molar-refractivity contribution is 0.0888. The van der Waals surface area contributed by atoms with Gasteiger partial charge in [0.25, 0.3) is 0 Å².